The highest BCUT2D eigenvalue weighted by Gasteiger charge is 2.19. The first-order valence-electron chi connectivity index (χ1n) is 6.40. The number of carbonyl (C=O) groups is 1. The second kappa shape index (κ2) is 6.07. The van der Waals surface area contributed by atoms with E-state index in [0.29, 0.717) is 16.3 Å². The third-order valence-corrected chi connectivity index (χ3v) is 4.17. The summed E-state index contributed by atoms with van der Waals surface area (Å²) >= 11 is 1.37. The van der Waals surface area contributed by atoms with Crippen LogP contribution < -0.4 is 0 Å². The number of hydrogen-bond donors (Lipinski definition) is 0. The molecule has 0 radical (unpaired) electrons. The minimum atomic E-state index is 0.146. The van der Waals surface area contributed by atoms with Crippen LogP contribution in [0.3, 0.4) is 0 Å². The van der Waals surface area contributed by atoms with Crippen LogP contribution in [0.5, 0.6) is 0 Å². The zero-order chi connectivity index (χ0) is 13.8. The summed E-state index contributed by atoms with van der Waals surface area (Å²) in [5.41, 5.74) is 2.39. The zero-order valence-electron chi connectivity index (χ0n) is 11.3. The molecule has 4 nitrogen and oxygen atoms in total. The predicted molar refractivity (Wildman–Crippen MR) is 75.0 cm³/mol. The lowest BCUT2D eigenvalue weighted by Crippen LogP contribution is -2.29. The SMILES string of the molecule is Cc1cc(C)c(C#N)c(SCC(=O)N2CCCC2)n1. The summed E-state index contributed by atoms with van der Waals surface area (Å²) in [5, 5.41) is 9.84. The number of nitrogens with zero attached hydrogens (tertiary/aromatic N) is 3. The van der Waals surface area contributed by atoms with Crippen LogP contribution in [0.2, 0.25) is 0 Å². The molecule has 19 heavy (non-hydrogen) atoms. The summed E-state index contributed by atoms with van der Waals surface area (Å²) < 4.78 is 0. The number of aromatic nitrogens is 1. The molecule has 0 unspecified atom stereocenters. The highest BCUT2D eigenvalue weighted by atomic mass is 32.2. The van der Waals surface area contributed by atoms with E-state index in [0.717, 1.165) is 37.2 Å². The number of nitriles is 1. The van der Waals surface area contributed by atoms with Gasteiger partial charge in [-0.2, -0.15) is 5.26 Å². The van der Waals surface area contributed by atoms with Gasteiger partial charge in [-0.15, -0.1) is 0 Å². The Labute approximate surface area is 117 Å². The number of carbonyl (C=O) groups excluding carboxylic acids is 1. The van der Waals surface area contributed by atoms with E-state index in [2.05, 4.69) is 11.1 Å². The molecule has 1 aliphatic heterocycles. The smallest absolute Gasteiger partial charge is 0.232 e. The number of hydrogen-bond acceptors (Lipinski definition) is 4. The third kappa shape index (κ3) is 3.27. The first-order chi connectivity index (χ1) is 9.11. The van der Waals surface area contributed by atoms with E-state index in [9.17, 15) is 4.79 Å². The summed E-state index contributed by atoms with van der Waals surface area (Å²) in [7, 11) is 0. The molecule has 1 saturated heterocycles. The molecule has 100 valence electrons. The predicted octanol–water partition coefficient (Wildman–Crippen LogP) is 2.28. The van der Waals surface area contributed by atoms with Crippen LogP contribution in [-0.2, 0) is 4.79 Å². The van der Waals surface area contributed by atoms with Crippen molar-refractivity contribution < 1.29 is 4.79 Å². The average molecular weight is 275 g/mol. The number of amides is 1. The highest BCUT2D eigenvalue weighted by molar-refractivity contribution is 8.00. The number of pyridine rings is 1. The first-order valence-corrected chi connectivity index (χ1v) is 7.39. The van der Waals surface area contributed by atoms with Crippen molar-refractivity contribution in [2.75, 3.05) is 18.8 Å². The molecule has 0 spiro atoms. The van der Waals surface area contributed by atoms with Gasteiger partial charge in [0.05, 0.1) is 11.3 Å². The Kier molecular flexibility index (Phi) is 4.43. The van der Waals surface area contributed by atoms with E-state index >= 15 is 0 Å². The van der Waals surface area contributed by atoms with Gasteiger partial charge in [0.25, 0.3) is 0 Å². The fourth-order valence-corrected chi connectivity index (χ4v) is 3.23. The van der Waals surface area contributed by atoms with E-state index in [1.54, 1.807) is 0 Å². The molecule has 5 heteroatoms. The van der Waals surface area contributed by atoms with Crippen molar-refractivity contribution in [3.63, 3.8) is 0 Å². The largest absolute Gasteiger partial charge is 0.342 e. The van der Waals surface area contributed by atoms with Crippen LogP contribution in [0.4, 0.5) is 0 Å². The van der Waals surface area contributed by atoms with Crippen LogP contribution in [0, 0.1) is 25.2 Å². The zero-order valence-corrected chi connectivity index (χ0v) is 12.1. The van der Waals surface area contributed by atoms with Gasteiger partial charge in [-0.3, -0.25) is 4.79 Å². The van der Waals surface area contributed by atoms with Crippen molar-refractivity contribution >= 4 is 17.7 Å². The van der Waals surface area contributed by atoms with Crippen LogP contribution in [0.1, 0.15) is 29.7 Å². The minimum absolute atomic E-state index is 0.146. The lowest BCUT2D eigenvalue weighted by molar-refractivity contribution is -0.127. The molecule has 1 fully saturated rings. The maximum atomic E-state index is 12.0. The molecule has 1 amide bonds. The van der Waals surface area contributed by atoms with Gasteiger partial charge < -0.3 is 4.90 Å². The quantitative estimate of drug-likeness (QED) is 0.794. The van der Waals surface area contributed by atoms with E-state index < -0.39 is 0 Å². The standard InChI is InChI=1S/C14H17N3OS/c1-10-7-11(2)16-14(12(10)8-15)19-9-13(18)17-5-3-4-6-17/h7H,3-6,9H2,1-2H3. The van der Waals surface area contributed by atoms with Gasteiger partial charge >= 0.3 is 0 Å². The molecule has 1 aromatic rings. The molecule has 2 rings (SSSR count). The van der Waals surface area contributed by atoms with Crippen LogP contribution >= 0.6 is 11.8 Å². The first kappa shape index (κ1) is 13.9. The minimum Gasteiger partial charge on any atom is -0.342 e. The topological polar surface area (TPSA) is 57.0 Å². The van der Waals surface area contributed by atoms with Gasteiger partial charge in [-0.05, 0) is 38.3 Å². The third-order valence-electron chi connectivity index (χ3n) is 3.21. The summed E-state index contributed by atoms with van der Waals surface area (Å²) in [6.45, 7) is 5.54. The van der Waals surface area contributed by atoms with Gasteiger partial charge in [0.2, 0.25) is 5.91 Å². The van der Waals surface area contributed by atoms with Gasteiger partial charge in [-0.25, -0.2) is 4.98 Å². The lowest BCUT2D eigenvalue weighted by Gasteiger charge is -2.15. The highest BCUT2D eigenvalue weighted by Crippen LogP contribution is 2.24. The van der Waals surface area contributed by atoms with E-state index in [1.807, 2.05) is 24.8 Å². The Balaban J connectivity index is 2.07. The summed E-state index contributed by atoms with van der Waals surface area (Å²) in [6.07, 6.45) is 2.20. The Morgan fingerprint density at radius 1 is 1.47 bits per heavy atom. The van der Waals surface area contributed by atoms with Gasteiger partial charge in [0, 0.05) is 18.8 Å². The molecule has 0 N–H and O–H groups in total. The van der Waals surface area contributed by atoms with Crippen molar-refractivity contribution in [1.29, 1.82) is 5.26 Å². The molecular formula is C14H17N3OS. The fourth-order valence-electron chi connectivity index (χ4n) is 2.23. The van der Waals surface area contributed by atoms with Crippen molar-refractivity contribution in [2.24, 2.45) is 0 Å². The van der Waals surface area contributed by atoms with Gasteiger partial charge in [0.1, 0.15) is 11.1 Å². The number of likely N-dealkylation sites (tertiary alicyclic amines) is 1. The number of thioether (sulfide) groups is 1. The number of rotatable bonds is 3. The van der Waals surface area contributed by atoms with Crippen molar-refractivity contribution in [2.45, 2.75) is 31.7 Å². The second-order valence-corrected chi connectivity index (χ2v) is 5.71. The molecule has 0 aliphatic carbocycles. The fraction of sp³-hybridized carbons (Fsp3) is 0.500. The monoisotopic (exact) mass is 275 g/mol. The van der Waals surface area contributed by atoms with Gasteiger partial charge in [0.15, 0.2) is 0 Å². The molecule has 2 heterocycles. The van der Waals surface area contributed by atoms with Crippen LogP contribution in [-0.4, -0.2) is 34.6 Å². The average Bonchev–Trinajstić information content (AvgIpc) is 2.89. The normalized spacial score (nSPS) is 14.5. The Bertz CT molecular complexity index is 530. The molecular weight excluding hydrogens is 258 g/mol. The summed E-state index contributed by atoms with van der Waals surface area (Å²) in [6, 6.07) is 4.07. The van der Waals surface area contributed by atoms with Crippen LogP contribution in [0.15, 0.2) is 11.1 Å². The van der Waals surface area contributed by atoms with Crippen molar-refractivity contribution in [1.82, 2.24) is 9.88 Å². The Morgan fingerprint density at radius 3 is 2.79 bits per heavy atom. The maximum absolute atomic E-state index is 12.0. The molecule has 0 bridgehead atoms. The van der Waals surface area contributed by atoms with Crippen molar-refractivity contribution in [3.8, 4) is 6.07 Å². The molecule has 1 aliphatic rings. The molecule has 0 saturated carbocycles. The molecule has 0 aromatic carbocycles. The Hall–Kier alpha value is -1.54. The summed E-state index contributed by atoms with van der Waals surface area (Å²) in [4.78, 5) is 18.2. The number of aryl methyl sites for hydroxylation is 2. The molecule has 0 atom stereocenters. The Morgan fingerprint density at radius 2 is 2.16 bits per heavy atom. The van der Waals surface area contributed by atoms with Crippen LogP contribution in [0.25, 0.3) is 0 Å². The van der Waals surface area contributed by atoms with E-state index in [1.165, 1.54) is 11.8 Å². The molecule has 1 aromatic heterocycles. The second-order valence-electron chi connectivity index (χ2n) is 4.75. The van der Waals surface area contributed by atoms with Gasteiger partial charge in [-0.1, -0.05) is 11.8 Å². The lowest BCUT2D eigenvalue weighted by atomic mass is 10.1. The summed E-state index contributed by atoms with van der Waals surface area (Å²) in [5.74, 6) is 0.511. The van der Waals surface area contributed by atoms with E-state index in [-0.39, 0.29) is 5.91 Å². The van der Waals surface area contributed by atoms with Crippen molar-refractivity contribution in [3.05, 3.63) is 22.9 Å². The maximum Gasteiger partial charge on any atom is 0.232 e. The van der Waals surface area contributed by atoms with E-state index in [4.69, 9.17) is 5.26 Å².